The second-order valence-electron chi connectivity index (χ2n) is 10.7. The first-order valence-corrected chi connectivity index (χ1v) is 15.0. The molecule has 41 heavy (non-hydrogen) atoms. The molecule has 0 bridgehead atoms. The highest BCUT2D eigenvalue weighted by atomic mass is 32.2. The number of amides is 2. The fraction of sp³-hybridized carbons (Fsp3) is 0.423. The number of alkyl halides is 3. The summed E-state index contributed by atoms with van der Waals surface area (Å²) < 4.78 is 67.5. The molecule has 2 aliphatic carbocycles. The largest absolute Gasteiger partial charge is 0.484 e. The van der Waals surface area contributed by atoms with Crippen molar-refractivity contribution in [1.82, 2.24) is 25.3 Å². The predicted octanol–water partition coefficient (Wildman–Crippen LogP) is 2.59. The standard InChI is InChI=1S/C26H25F3N6O5S/c1-41(38,39)12-21(36)30-23-22-19(34-35(23)20-7-6-18(32-33-20)14-2-3-14)11-25(31-24(22)37)9-8-15-10-16(4-5-17(15)25)40-13-26(27,28)29/h4-7,10,14H,2-3,8-9,11-13H2,1H3,(H,30,36)(H,31,37)/t25-/m0/s1. The maximum atomic E-state index is 13.6. The van der Waals surface area contributed by atoms with Crippen molar-refractivity contribution in [2.75, 3.05) is 23.9 Å². The number of rotatable bonds is 7. The minimum Gasteiger partial charge on any atom is -0.484 e. The molecule has 3 aromatic rings. The first kappa shape index (κ1) is 27.2. The number of hydrogen-bond donors (Lipinski definition) is 2. The molecule has 1 fully saturated rings. The van der Waals surface area contributed by atoms with Crippen molar-refractivity contribution in [3.05, 3.63) is 58.4 Å². The fourth-order valence-corrected chi connectivity index (χ4v) is 6.01. The molecule has 216 valence electrons. The molecule has 3 heterocycles. The first-order chi connectivity index (χ1) is 19.3. The van der Waals surface area contributed by atoms with Gasteiger partial charge in [0.25, 0.3) is 5.91 Å². The molecule has 2 amide bonds. The van der Waals surface area contributed by atoms with E-state index in [1.54, 1.807) is 24.3 Å². The van der Waals surface area contributed by atoms with Gasteiger partial charge in [-0.2, -0.15) is 28.1 Å². The van der Waals surface area contributed by atoms with Gasteiger partial charge in [-0.1, -0.05) is 6.07 Å². The van der Waals surface area contributed by atoms with Gasteiger partial charge in [-0.15, -0.1) is 5.10 Å². The molecule has 1 atom stereocenters. The third-order valence-corrected chi connectivity index (χ3v) is 8.14. The van der Waals surface area contributed by atoms with Crippen LogP contribution in [0.5, 0.6) is 5.75 Å². The first-order valence-electron chi connectivity index (χ1n) is 12.9. The molecule has 0 saturated heterocycles. The van der Waals surface area contributed by atoms with Gasteiger partial charge in [0, 0.05) is 18.6 Å². The molecule has 2 aromatic heterocycles. The summed E-state index contributed by atoms with van der Waals surface area (Å²) in [4.78, 5) is 26.2. The molecule has 11 nitrogen and oxygen atoms in total. The van der Waals surface area contributed by atoms with Gasteiger partial charge in [0.15, 0.2) is 28.1 Å². The molecule has 1 spiro atoms. The van der Waals surface area contributed by atoms with Crippen molar-refractivity contribution in [2.24, 2.45) is 0 Å². The summed E-state index contributed by atoms with van der Waals surface area (Å²) in [5.41, 5.74) is 1.85. The van der Waals surface area contributed by atoms with E-state index in [1.165, 1.54) is 10.7 Å². The van der Waals surface area contributed by atoms with Crippen molar-refractivity contribution in [2.45, 2.75) is 49.7 Å². The van der Waals surface area contributed by atoms with E-state index in [2.05, 4.69) is 25.9 Å². The third kappa shape index (κ3) is 5.49. The summed E-state index contributed by atoms with van der Waals surface area (Å²) in [5, 5.41) is 18.7. The van der Waals surface area contributed by atoms with Crippen LogP contribution in [0.3, 0.4) is 0 Å². The Labute approximate surface area is 232 Å². The highest BCUT2D eigenvalue weighted by Gasteiger charge is 2.47. The van der Waals surface area contributed by atoms with E-state index in [0.29, 0.717) is 24.5 Å². The number of nitrogens with one attached hydrogen (secondary N) is 2. The number of ether oxygens (including phenoxy) is 1. The van der Waals surface area contributed by atoms with Gasteiger partial charge >= 0.3 is 6.18 Å². The second kappa shape index (κ2) is 9.53. The topological polar surface area (TPSA) is 145 Å². The molecule has 6 rings (SSSR count). The number of fused-ring (bicyclic) bond motifs is 3. The quantitative estimate of drug-likeness (QED) is 0.427. The number of nitrogens with zero attached hydrogens (tertiary/aromatic N) is 4. The summed E-state index contributed by atoms with van der Waals surface area (Å²) in [6.45, 7) is -1.41. The SMILES string of the molecule is CS(=O)(=O)CC(=O)Nc1c2c(nn1-c1ccc(C3CC3)nn1)C[C@]1(CCc3cc(OCC(F)(F)F)ccc31)NC2=O. The summed E-state index contributed by atoms with van der Waals surface area (Å²) in [6.07, 6.45) is -0.318. The maximum absolute atomic E-state index is 13.6. The lowest BCUT2D eigenvalue weighted by atomic mass is 9.82. The smallest absolute Gasteiger partial charge is 0.422 e. The van der Waals surface area contributed by atoms with Crippen LogP contribution in [0.25, 0.3) is 5.82 Å². The zero-order chi connectivity index (χ0) is 29.2. The van der Waals surface area contributed by atoms with E-state index < -0.39 is 45.7 Å². The monoisotopic (exact) mass is 590 g/mol. The number of halogens is 3. The van der Waals surface area contributed by atoms with Crippen LogP contribution >= 0.6 is 0 Å². The Morgan fingerprint density at radius 1 is 1.22 bits per heavy atom. The molecule has 1 aliphatic heterocycles. The van der Waals surface area contributed by atoms with Crippen LogP contribution in [0.2, 0.25) is 0 Å². The zero-order valence-electron chi connectivity index (χ0n) is 21.8. The second-order valence-corrected chi connectivity index (χ2v) is 12.9. The van der Waals surface area contributed by atoms with Crippen molar-refractivity contribution in [3.63, 3.8) is 0 Å². The number of anilines is 1. The van der Waals surface area contributed by atoms with Gasteiger partial charge in [-0.05, 0) is 61.1 Å². The lowest BCUT2D eigenvalue weighted by Crippen LogP contribution is -2.49. The van der Waals surface area contributed by atoms with Crippen molar-refractivity contribution >= 4 is 27.5 Å². The molecule has 1 aromatic carbocycles. The lowest BCUT2D eigenvalue weighted by Gasteiger charge is -2.35. The summed E-state index contributed by atoms with van der Waals surface area (Å²) in [6, 6.07) is 8.10. The van der Waals surface area contributed by atoms with Crippen LogP contribution in [-0.2, 0) is 33.0 Å². The Morgan fingerprint density at radius 2 is 2.00 bits per heavy atom. The van der Waals surface area contributed by atoms with Crippen LogP contribution in [0, 0.1) is 0 Å². The number of hydrogen-bond acceptors (Lipinski definition) is 8. The van der Waals surface area contributed by atoms with Crippen LogP contribution in [0.1, 0.15) is 58.1 Å². The van der Waals surface area contributed by atoms with Crippen molar-refractivity contribution < 1.29 is 35.9 Å². The van der Waals surface area contributed by atoms with E-state index in [4.69, 9.17) is 4.74 Å². The highest BCUT2D eigenvalue weighted by molar-refractivity contribution is 7.91. The zero-order valence-corrected chi connectivity index (χ0v) is 22.6. The molecule has 0 radical (unpaired) electrons. The average molecular weight is 591 g/mol. The molecule has 15 heteroatoms. The van der Waals surface area contributed by atoms with E-state index in [0.717, 1.165) is 35.9 Å². The summed E-state index contributed by atoms with van der Waals surface area (Å²) >= 11 is 0. The third-order valence-electron chi connectivity index (χ3n) is 7.36. The Hall–Kier alpha value is -4.01. The van der Waals surface area contributed by atoms with E-state index in [1.807, 2.05) is 0 Å². The van der Waals surface area contributed by atoms with Gasteiger partial charge in [-0.3, -0.25) is 9.59 Å². The number of aryl methyl sites for hydroxylation is 1. The van der Waals surface area contributed by atoms with Gasteiger partial charge in [0.1, 0.15) is 17.1 Å². The number of benzene rings is 1. The van der Waals surface area contributed by atoms with Gasteiger partial charge in [-0.25, -0.2) is 8.42 Å². The Balaban J connectivity index is 1.36. The number of sulfone groups is 1. The Bertz CT molecular complexity index is 1670. The molecule has 2 N–H and O–H groups in total. The van der Waals surface area contributed by atoms with Gasteiger partial charge in [0.2, 0.25) is 5.91 Å². The van der Waals surface area contributed by atoms with Crippen molar-refractivity contribution in [1.29, 1.82) is 0 Å². The normalized spacial score (nSPS) is 20.0. The van der Waals surface area contributed by atoms with Gasteiger partial charge < -0.3 is 15.4 Å². The lowest BCUT2D eigenvalue weighted by molar-refractivity contribution is -0.153. The molecular weight excluding hydrogens is 565 g/mol. The van der Waals surface area contributed by atoms with Crippen LogP contribution in [0.4, 0.5) is 19.0 Å². The van der Waals surface area contributed by atoms with Crippen LogP contribution in [0.15, 0.2) is 30.3 Å². The van der Waals surface area contributed by atoms with E-state index in [-0.39, 0.29) is 29.4 Å². The summed E-state index contributed by atoms with van der Waals surface area (Å²) in [7, 11) is -3.66. The maximum Gasteiger partial charge on any atom is 0.422 e. The molecule has 3 aliphatic rings. The number of carbonyl (C=O) groups excluding carboxylic acids is 2. The van der Waals surface area contributed by atoms with Crippen molar-refractivity contribution in [3.8, 4) is 11.6 Å². The van der Waals surface area contributed by atoms with E-state index in [9.17, 15) is 31.2 Å². The molecule has 0 unspecified atom stereocenters. The van der Waals surface area contributed by atoms with E-state index >= 15 is 0 Å². The number of aromatic nitrogens is 4. The summed E-state index contributed by atoms with van der Waals surface area (Å²) in [5.74, 6) is -1.54. The van der Waals surface area contributed by atoms with Gasteiger partial charge in [0.05, 0.1) is 16.9 Å². The highest BCUT2D eigenvalue weighted by Crippen LogP contribution is 2.45. The minimum atomic E-state index is -4.47. The van der Waals surface area contributed by atoms with Crippen LogP contribution < -0.4 is 15.4 Å². The fourth-order valence-electron chi connectivity index (χ4n) is 5.46. The Kier molecular flexibility index (Phi) is 6.32. The molecular formula is C26H25F3N6O5S. The van der Waals surface area contributed by atoms with Crippen LogP contribution in [-0.4, -0.2) is 65.0 Å². The predicted molar refractivity (Wildman–Crippen MR) is 139 cm³/mol. The molecule has 1 saturated carbocycles. The minimum absolute atomic E-state index is 0.0245. The number of carbonyl (C=O) groups is 2. The average Bonchev–Trinajstić information content (AvgIpc) is 3.60. The Morgan fingerprint density at radius 3 is 2.66 bits per heavy atom.